The van der Waals surface area contributed by atoms with Gasteiger partial charge < -0.3 is 5.73 Å². The molecule has 4 rings (SSSR count). The van der Waals surface area contributed by atoms with Crippen LogP contribution in [-0.2, 0) is 0 Å². The highest BCUT2D eigenvalue weighted by molar-refractivity contribution is 5.77. The molecule has 0 radical (unpaired) electrons. The highest BCUT2D eigenvalue weighted by Gasteiger charge is 2.30. The SMILES string of the molecule is CN1CCCN2CCCC12.CN1CCCN2CCCCCC12.CN=C(C)N. The Morgan fingerprint density at radius 2 is 1.15 bits per heavy atom. The summed E-state index contributed by atoms with van der Waals surface area (Å²) in [7, 11) is 6.19. The molecule has 6 heteroatoms. The van der Waals surface area contributed by atoms with Gasteiger partial charge in [0, 0.05) is 33.2 Å². The molecular formula is C21H44N6. The molecule has 4 heterocycles. The van der Waals surface area contributed by atoms with Gasteiger partial charge in [0.1, 0.15) is 0 Å². The van der Waals surface area contributed by atoms with E-state index in [-0.39, 0.29) is 0 Å². The standard InChI is InChI=1S/C10H20N2.C8H16N2.C3H8N2/c1-11-7-5-9-12-8-4-2-3-6-10(11)12;1-9-5-3-7-10-6-2-4-8(9)10;1-3(4)5-2/h10H,2-9H2,1H3;8H,2-7H2,1H3;1-2H3,(H2,4,5). The van der Waals surface area contributed by atoms with E-state index in [4.69, 9.17) is 5.73 Å². The molecule has 0 aliphatic carbocycles. The average molecular weight is 381 g/mol. The molecule has 0 saturated carbocycles. The maximum atomic E-state index is 5.04. The average Bonchev–Trinajstić information content (AvgIpc) is 3.02. The Hall–Kier alpha value is -0.690. The van der Waals surface area contributed by atoms with Crippen LogP contribution in [-0.4, -0.2) is 98.2 Å². The van der Waals surface area contributed by atoms with Crippen molar-refractivity contribution < 1.29 is 0 Å². The number of hydrogen-bond donors (Lipinski definition) is 1. The van der Waals surface area contributed by atoms with Crippen molar-refractivity contribution in [1.82, 2.24) is 19.6 Å². The minimum Gasteiger partial charge on any atom is -0.388 e. The van der Waals surface area contributed by atoms with Crippen molar-refractivity contribution in [2.24, 2.45) is 10.7 Å². The third-order valence-electron chi connectivity index (χ3n) is 6.44. The van der Waals surface area contributed by atoms with Gasteiger partial charge in [-0.15, -0.1) is 0 Å². The number of amidine groups is 1. The van der Waals surface area contributed by atoms with Crippen LogP contribution in [0.2, 0.25) is 0 Å². The second-order valence-electron chi connectivity index (χ2n) is 8.56. The van der Waals surface area contributed by atoms with Gasteiger partial charge in [-0.05, 0) is 72.6 Å². The summed E-state index contributed by atoms with van der Waals surface area (Å²) in [5, 5.41) is 0. The van der Waals surface area contributed by atoms with Crippen molar-refractivity contribution in [3.05, 3.63) is 0 Å². The number of nitrogens with zero attached hydrogens (tertiary/aromatic N) is 5. The predicted molar refractivity (Wildman–Crippen MR) is 116 cm³/mol. The number of nitrogens with two attached hydrogens (primary N) is 1. The van der Waals surface area contributed by atoms with Crippen molar-refractivity contribution in [3.8, 4) is 0 Å². The molecule has 0 amide bonds. The first-order chi connectivity index (χ1) is 13.0. The summed E-state index contributed by atoms with van der Waals surface area (Å²) in [6.07, 6.45) is 12.8. The summed E-state index contributed by atoms with van der Waals surface area (Å²) < 4.78 is 0. The van der Waals surface area contributed by atoms with E-state index in [0.29, 0.717) is 5.84 Å². The molecular weight excluding hydrogens is 336 g/mol. The molecule has 0 spiro atoms. The van der Waals surface area contributed by atoms with E-state index >= 15 is 0 Å². The molecule has 0 aromatic rings. The number of aliphatic imine (C=N–C) groups is 1. The molecule has 0 aromatic carbocycles. The van der Waals surface area contributed by atoms with Gasteiger partial charge in [-0.25, -0.2) is 0 Å². The molecule has 0 bridgehead atoms. The summed E-state index contributed by atoms with van der Waals surface area (Å²) in [6, 6.07) is 0. The Labute approximate surface area is 167 Å². The van der Waals surface area contributed by atoms with Crippen LogP contribution in [0.4, 0.5) is 0 Å². The topological polar surface area (TPSA) is 51.3 Å². The van der Waals surface area contributed by atoms with Crippen molar-refractivity contribution >= 4 is 5.84 Å². The van der Waals surface area contributed by atoms with E-state index in [0.717, 1.165) is 12.3 Å². The monoisotopic (exact) mass is 380 g/mol. The Balaban J connectivity index is 0.000000158. The maximum Gasteiger partial charge on any atom is 0.0902 e. The first kappa shape index (κ1) is 22.6. The van der Waals surface area contributed by atoms with Crippen molar-refractivity contribution in [2.45, 2.75) is 70.6 Å². The van der Waals surface area contributed by atoms with E-state index in [1.807, 2.05) is 0 Å². The molecule has 2 unspecified atom stereocenters. The van der Waals surface area contributed by atoms with E-state index in [2.05, 4.69) is 38.7 Å². The van der Waals surface area contributed by atoms with Gasteiger partial charge in [-0.1, -0.05) is 12.8 Å². The molecule has 4 fully saturated rings. The third kappa shape index (κ3) is 7.33. The van der Waals surface area contributed by atoms with E-state index in [1.165, 1.54) is 90.6 Å². The zero-order chi connectivity index (χ0) is 19.6. The first-order valence-electron chi connectivity index (χ1n) is 11.1. The van der Waals surface area contributed by atoms with Crippen LogP contribution in [0.15, 0.2) is 4.99 Å². The van der Waals surface area contributed by atoms with Crippen molar-refractivity contribution in [3.63, 3.8) is 0 Å². The number of rotatable bonds is 0. The molecule has 27 heavy (non-hydrogen) atoms. The quantitative estimate of drug-likeness (QED) is 0.516. The normalized spacial score (nSPS) is 30.9. The maximum absolute atomic E-state index is 5.04. The van der Waals surface area contributed by atoms with Gasteiger partial charge in [0.15, 0.2) is 0 Å². The summed E-state index contributed by atoms with van der Waals surface area (Å²) in [6.45, 7) is 9.73. The Kier molecular flexibility index (Phi) is 10.0. The molecule has 158 valence electrons. The highest BCUT2D eigenvalue weighted by atomic mass is 15.4. The fourth-order valence-electron chi connectivity index (χ4n) is 4.82. The number of hydrogen-bond acceptors (Lipinski definition) is 5. The summed E-state index contributed by atoms with van der Waals surface area (Å²) in [5.41, 5.74) is 5.04. The lowest BCUT2D eigenvalue weighted by Gasteiger charge is -2.41. The molecule has 0 aromatic heterocycles. The first-order valence-corrected chi connectivity index (χ1v) is 11.1. The van der Waals surface area contributed by atoms with Gasteiger partial charge in [-0.3, -0.25) is 24.6 Å². The van der Waals surface area contributed by atoms with Gasteiger partial charge in [0.2, 0.25) is 0 Å². The van der Waals surface area contributed by atoms with Crippen LogP contribution < -0.4 is 5.73 Å². The lowest BCUT2D eigenvalue weighted by atomic mass is 10.1. The van der Waals surface area contributed by atoms with E-state index in [1.54, 1.807) is 14.0 Å². The predicted octanol–water partition coefficient (Wildman–Crippen LogP) is 2.26. The van der Waals surface area contributed by atoms with Gasteiger partial charge >= 0.3 is 0 Å². The zero-order valence-electron chi connectivity index (χ0n) is 18.4. The number of fused-ring (bicyclic) bond motifs is 2. The molecule has 4 aliphatic heterocycles. The second-order valence-corrected chi connectivity index (χ2v) is 8.56. The van der Waals surface area contributed by atoms with Gasteiger partial charge in [-0.2, -0.15) is 0 Å². The molecule has 4 aliphatic rings. The Bertz CT molecular complexity index is 436. The Morgan fingerprint density at radius 1 is 0.704 bits per heavy atom. The lowest BCUT2D eigenvalue weighted by Crippen LogP contribution is -2.51. The fraction of sp³-hybridized carbons (Fsp3) is 0.952. The Morgan fingerprint density at radius 3 is 1.67 bits per heavy atom. The minimum atomic E-state index is 0.630. The minimum absolute atomic E-state index is 0.630. The van der Waals surface area contributed by atoms with Crippen LogP contribution in [0.25, 0.3) is 0 Å². The van der Waals surface area contributed by atoms with Crippen molar-refractivity contribution in [2.75, 3.05) is 60.4 Å². The van der Waals surface area contributed by atoms with Crippen molar-refractivity contribution in [1.29, 1.82) is 0 Å². The van der Waals surface area contributed by atoms with Crippen LogP contribution in [0.1, 0.15) is 58.3 Å². The van der Waals surface area contributed by atoms with Crippen LogP contribution >= 0.6 is 0 Å². The third-order valence-corrected chi connectivity index (χ3v) is 6.44. The van der Waals surface area contributed by atoms with Crippen LogP contribution in [0.5, 0.6) is 0 Å². The second kappa shape index (κ2) is 12.0. The molecule has 6 nitrogen and oxygen atoms in total. The molecule has 4 saturated heterocycles. The largest absolute Gasteiger partial charge is 0.388 e. The summed E-state index contributed by atoms with van der Waals surface area (Å²) >= 11 is 0. The van der Waals surface area contributed by atoms with Gasteiger partial charge in [0.05, 0.1) is 18.2 Å². The zero-order valence-corrected chi connectivity index (χ0v) is 18.4. The lowest BCUT2D eigenvalue weighted by molar-refractivity contribution is 0.0237. The fourth-order valence-corrected chi connectivity index (χ4v) is 4.82. The summed E-state index contributed by atoms with van der Waals surface area (Å²) in [5.74, 6) is 0.630. The molecule has 2 atom stereocenters. The highest BCUT2D eigenvalue weighted by Crippen LogP contribution is 2.23. The van der Waals surface area contributed by atoms with Gasteiger partial charge in [0.25, 0.3) is 0 Å². The van der Waals surface area contributed by atoms with E-state index < -0.39 is 0 Å². The van der Waals surface area contributed by atoms with E-state index in [9.17, 15) is 0 Å². The summed E-state index contributed by atoms with van der Waals surface area (Å²) in [4.78, 5) is 13.9. The van der Waals surface area contributed by atoms with Crippen LogP contribution in [0.3, 0.4) is 0 Å². The smallest absolute Gasteiger partial charge is 0.0902 e. The van der Waals surface area contributed by atoms with Crippen LogP contribution in [0, 0.1) is 0 Å². The molecule has 2 N–H and O–H groups in total.